The van der Waals surface area contributed by atoms with Crippen molar-refractivity contribution in [3.05, 3.63) is 23.9 Å². The minimum atomic E-state index is -0.902. The van der Waals surface area contributed by atoms with Crippen LogP contribution in [0.1, 0.15) is 30.1 Å². The highest BCUT2D eigenvalue weighted by Gasteiger charge is 2.21. The summed E-state index contributed by atoms with van der Waals surface area (Å²) in [5.74, 6) is 0.320. The molecule has 0 aliphatic carbocycles. The summed E-state index contributed by atoms with van der Waals surface area (Å²) >= 11 is 0. The Morgan fingerprint density at radius 2 is 2.44 bits per heavy atom. The summed E-state index contributed by atoms with van der Waals surface area (Å²) in [5.41, 5.74) is 0.302. The molecule has 0 bridgehead atoms. The second-order valence-corrected chi connectivity index (χ2v) is 4.37. The number of carboxylic acid groups (broad SMARTS) is 1. The number of carbonyl (C=O) groups is 1. The Balaban J connectivity index is 2.28. The predicted molar refractivity (Wildman–Crippen MR) is 61.8 cm³/mol. The van der Waals surface area contributed by atoms with Gasteiger partial charge < -0.3 is 10.0 Å². The average Bonchev–Trinajstić information content (AvgIpc) is 2.29. The number of nitrogens with zero attached hydrogens (tertiary/aromatic N) is 2. The van der Waals surface area contributed by atoms with Gasteiger partial charge in [-0.3, -0.25) is 0 Å². The van der Waals surface area contributed by atoms with E-state index < -0.39 is 5.97 Å². The molecule has 16 heavy (non-hydrogen) atoms. The van der Waals surface area contributed by atoms with Gasteiger partial charge in [-0.1, -0.05) is 6.92 Å². The van der Waals surface area contributed by atoms with E-state index in [4.69, 9.17) is 5.11 Å². The Morgan fingerprint density at radius 1 is 1.62 bits per heavy atom. The Kier molecular flexibility index (Phi) is 3.08. The predicted octanol–water partition coefficient (Wildman–Crippen LogP) is 2.02. The number of piperidine rings is 1. The van der Waals surface area contributed by atoms with Gasteiger partial charge >= 0.3 is 5.97 Å². The smallest absolute Gasteiger partial charge is 0.339 e. The molecule has 1 N–H and O–H groups in total. The molecular weight excluding hydrogens is 204 g/mol. The fourth-order valence-corrected chi connectivity index (χ4v) is 2.20. The van der Waals surface area contributed by atoms with Gasteiger partial charge in [0, 0.05) is 19.3 Å². The van der Waals surface area contributed by atoms with Gasteiger partial charge in [0.05, 0.1) is 0 Å². The van der Waals surface area contributed by atoms with E-state index in [9.17, 15) is 4.79 Å². The summed E-state index contributed by atoms with van der Waals surface area (Å²) in [4.78, 5) is 17.4. The topological polar surface area (TPSA) is 53.4 Å². The number of hydrogen-bond donors (Lipinski definition) is 1. The van der Waals surface area contributed by atoms with Crippen LogP contribution in [0.5, 0.6) is 0 Å². The van der Waals surface area contributed by atoms with Gasteiger partial charge in [-0.15, -0.1) is 0 Å². The van der Waals surface area contributed by atoms with Gasteiger partial charge in [0.2, 0.25) is 0 Å². The van der Waals surface area contributed by atoms with Gasteiger partial charge in [-0.05, 0) is 30.9 Å². The van der Waals surface area contributed by atoms with Crippen LogP contribution in [0, 0.1) is 5.92 Å². The summed E-state index contributed by atoms with van der Waals surface area (Å²) in [6.07, 6.45) is 3.98. The molecule has 1 aliphatic rings. The van der Waals surface area contributed by atoms with Crippen molar-refractivity contribution in [2.24, 2.45) is 5.92 Å². The molecule has 1 fully saturated rings. The third-order valence-electron chi connectivity index (χ3n) is 2.97. The maximum absolute atomic E-state index is 11.1. The summed E-state index contributed by atoms with van der Waals surface area (Å²) < 4.78 is 0. The summed E-state index contributed by atoms with van der Waals surface area (Å²) in [6.45, 7) is 3.99. The number of anilines is 1. The highest BCUT2D eigenvalue weighted by molar-refractivity contribution is 5.93. The molecule has 0 radical (unpaired) electrons. The first-order valence-electron chi connectivity index (χ1n) is 5.61. The normalized spacial score (nSPS) is 20.8. The molecule has 4 nitrogen and oxygen atoms in total. The molecule has 86 valence electrons. The van der Waals surface area contributed by atoms with Crippen molar-refractivity contribution in [3.63, 3.8) is 0 Å². The fraction of sp³-hybridized carbons (Fsp3) is 0.500. The van der Waals surface area contributed by atoms with Crippen molar-refractivity contribution in [1.29, 1.82) is 0 Å². The highest BCUT2D eigenvalue weighted by Crippen LogP contribution is 2.23. The summed E-state index contributed by atoms with van der Waals surface area (Å²) in [5, 5.41) is 9.10. The molecular formula is C12H16N2O2. The average molecular weight is 220 g/mol. The zero-order chi connectivity index (χ0) is 11.5. The van der Waals surface area contributed by atoms with Crippen LogP contribution in [-0.4, -0.2) is 29.1 Å². The van der Waals surface area contributed by atoms with Crippen LogP contribution in [-0.2, 0) is 0 Å². The minimum absolute atomic E-state index is 0.302. The Bertz CT molecular complexity index is 392. The third-order valence-corrected chi connectivity index (χ3v) is 2.97. The van der Waals surface area contributed by atoms with E-state index in [2.05, 4.69) is 16.8 Å². The van der Waals surface area contributed by atoms with E-state index in [1.165, 1.54) is 6.42 Å². The summed E-state index contributed by atoms with van der Waals surface area (Å²) in [6, 6.07) is 3.28. The van der Waals surface area contributed by atoms with Crippen molar-refractivity contribution in [1.82, 2.24) is 4.98 Å². The standard InChI is InChI=1S/C12H16N2O2/c1-9-4-3-7-14(8-9)11-10(12(15)16)5-2-6-13-11/h2,5-6,9H,3-4,7-8H2,1H3,(H,15,16)/t9-/m1/s1. The molecule has 2 heterocycles. The van der Waals surface area contributed by atoms with Crippen LogP contribution in [0.15, 0.2) is 18.3 Å². The van der Waals surface area contributed by atoms with Crippen LogP contribution < -0.4 is 4.90 Å². The largest absolute Gasteiger partial charge is 0.478 e. The molecule has 1 aromatic heterocycles. The number of aromatic carboxylic acids is 1. The SMILES string of the molecule is C[C@@H]1CCCN(c2ncccc2C(=O)O)C1. The first-order chi connectivity index (χ1) is 7.68. The third kappa shape index (κ3) is 2.15. The van der Waals surface area contributed by atoms with Crippen molar-refractivity contribution >= 4 is 11.8 Å². The summed E-state index contributed by atoms with van der Waals surface area (Å²) in [7, 11) is 0. The van der Waals surface area contributed by atoms with E-state index in [-0.39, 0.29) is 0 Å². The van der Waals surface area contributed by atoms with E-state index in [1.807, 2.05) is 0 Å². The fourth-order valence-electron chi connectivity index (χ4n) is 2.20. The van der Waals surface area contributed by atoms with Gasteiger partial charge in [0.25, 0.3) is 0 Å². The minimum Gasteiger partial charge on any atom is -0.478 e. The molecule has 0 unspecified atom stereocenters. The van der Waals surface area contributed by atoms with Gasteiger partial charge in [-0.2, -0.15) is 0 Å². The molecule has 0 aromatic carbocycles. The van der Waals surface area contributed by atoms with Gasteiger partial charge in [0.1, 0.15) is 11.4 Å². The Hall–Kier alpha value is -1.58. The molecule has 1 atom stereocenters. The monoisotopic (exact) mass is 220 g/mol. The zero-order valence-corrected chi connectivity index (χ0v) is 9.39. The molecule has 4 heteroatoms. The van der Waals surface area contributed by atoms with Crippen molar-refractivity contribution in [2.75, 3.05) is 18.0 Å². The molecule has 1 aromatic rings. The van der Waals surface area contributed by atoms with E-state index in [1.54, 1.807) is 18.3 Å². The van der Waals surface area contributed by atoms with Crippen molar-refractivity contribution in [3.8, 4) is 0 Å². The van der Waals surface area contributed by atoms with Crippen LogP contribution in [0.2, 0.25) is 0 Å². The van der Waals surface area contributed by atoms with Crippen LogP contribution in [0.3, 0.4) is 0 Å². The van der Waals surface area contributed by atoms with E-state index >= 15 is 0 Å². The van der Waals surface area contributed by atoms with E-state index in [0.717, 1.165) is 19.5 Å². The second kappa shape index (κ2) is 4.51. The molecule has 2 rings (SSSR count). The molecule has 1 aliphatic heterocycles. The Morgan fingerprint density at radius 3 is 3.12 bits per heavy atom. The number of carboxylic acids is 1. The number of rotatable bonds is 2. The second-order valence-electron chi connectivity index (χ2n) is 4.37. The molecule has 0 spiro atoms. The number of pyridine rings is 1. The van der Waals surface area contributed by atoms with Crippen LogP contribution in [0.4, 0.5) is 5.82 Å². The van der Waals surface area contributed by atoms with Gasteiger partial charge in [-0.25, -0.2) is 9.78 Å². The molecule has 1 saturated heterocycles. The maximum atomic E-state index is 11.1. The zero-order valence-electron chi connectivity index (χ0n) is 9.39. The van der Waals surface area contributed by atoms with Gasteiger partial charge in [0.15, 0.2) is 0 Å². The van der Waals surface area contributed by atoms with Crippen molar-refractivity contribution in [2.45, 2.75) is 19.8 Å². The lowest BCUT2D eigenvalue weighted by molar-refractivity contribution is 0.0697. The van der Waals surface area contributed by atoms with Crippen LogP contribution in [0.25, 0.3) is 0 Å². The lowest BCUT2D eigenvalue weighted by Gasteiger charge is -2.32. The first-order valence-corrected chi connectivity index (χ1v) is 5.61. The highest BCUT2D eigenvalue weighted by atomic mass is 16.4. The molecule has 0 amide bonds. The van der Waals surface area contributed by atoms with E-state index in [0.29, 0.717) is 17.3 Å². The first kappa shape index (κ1) is 10.9. The van der Waals surface area contributed by atoms with Crippen molar-refractivity contribution < 1.29 is 9.90 Å². The lowest BCUT2D eigenvalue weighted by atomic mass is 10.00. The maximum Gasteiger partial charge on any atom is 0.339 e. The molecule has 0 saturated carbocycles. The quantitative estimate of drug-likeness (QED) is 0.828. The Labute approximate surface area is 94.9 Å². The number of aromatic nitrogens is 1. The number of hydrogen-bond acceptors (Lipinski definition) is 3. The lowest BCUT2D eigenvalue weighted by Crippen LogP contribution is -2.35. The van der Waals surface area contributed by atoms with Crippen LogP contribution >= 0.6 is 0 Å².